The van der Waals surface area contributed by atoms with Gasteiger partial charge in [-0.2, -0.15) is 0 Å². The van der Waals surface area contributed by atoms with Crippen LogP contribution in [0.3, 0.4) is 0 Å². The van der Waals surface area contributed by atoms with Crippen LogP contribution in [-0.4, -0.2) is 46.1 Å². The van der Waals surface area contributed by atoms with E-state index in [1.807, 2.05) is 12.1 Å². The summed E-state index contributed by atoms with van der Waals surface area (Å²) in [4.78, 5) is 29.5. The molecular formula is C16H21N3O3. The van der Waals surface area contributed by atoms with E-state index in [0.717, 1.165) is 31.2 Å². The molecule has 1 aliphatic heterocycles. The third kappa shape index (κ3) is 3.05. The van der Waals surface area contributed by atoms with Gasteiger partial charge in [0.25, 0.3) is 0 Å². The van der Waals surface area contributed by atoms with Crippen molar-refractivity contribution >= 4 is 12.0 Å². The second kappa shape index (κ2) is 6.34. The first-order valence-electron chi connectivity index (χ1n) is 7.83. The lowest BCUT2D eigenvalue weighted by atomic mass is 9.90. The highest BCUT2D eigenvalue weighted by atomic mass is 16.4. The van der Waals surface area contributed by atoms with Gasteiger partial charge in [0.05, 0.1) is 5.92 Å². The first kappa shape index (κ1) is 14.8. The predicted molar refractivity (Wildman–Crippen MR) is 80.5 cm³/mol. The summed E-state index contributed by atoms with van der Waals surface area (Å²) in [6.07, 6.45) is 7.68. The highest BCUT2D eigenvalue weighted by Gasteiger charge is 2.40. The molecular weight excluding hydrogens is 282 g/mol. The lowest BCUT2D eigenvalue weighted by molar-refractivity contribution is -0.141. The zero-order valence-electron chi connectivity index (χ0n) is 12.4. The molecule has 2 fully saturated rings. The van der Waals surface area contributed by atoms with Crippen molar-refractivity contribution in [1.82, 2.24) is 15.2 Å². The Morgan fingerprint density at radius 3 is 2.50 bits per heavy atom. The Kier molecular flexibility index (Phi) is 4.27. The molecule has 0 radical (unpaired) electrons. The minimum absolute atomic E-state index is 0.130. The van der Waals surface area contributed by atoms with Gasteiger partial charge in [-0.1, -0.05) is 12.8 Å². The largest absolute Gasteiger partial charge is 0.481 e. The second-order valence-electron chi connectivity index (χ2n) is 6.17. The van der Waals surface area contributed by atoms with E-state index in [1.54, 1.807) is 17.3 Å². The predicted octanol–water partition coefficient (Wildman–Crippen LogP) is 1.83. The molecule has 6 nitrogen and oxygen atoms in total. The Labute approximate surface area is 129 Å². The van der Waals surface area contributed by atoms with Gasteiger partial charge in [0.15, 0.2) is 0 Å². The van der Waals surface area contributed by atoms with E-state index in [4.69, 9.17) is 0 Å². The number of rotatable bonds is 3. The average Bonchev–Trinajstić information content (AvgIpc) is 3.17. The summed E-state index contributed by atoms with van der Waals surface area (Å²) in [6.45, 7) is 0.709. The number of hydrogen-bond acceptors (Lipinski definition) is 3. The fourth-order valence-electron chi connectivity index (χ4n) is 3.50. The van der Waals surface area contributed by atoms with Crippen molar-refractivity contribution in [2.75, 3.05) is 13.1 Å². The van der Waals surface area contributed by atoms with Gasteiger partial charge in [-0.3, -0.25) is 9.78 Å². The molecule has 0 bridgehead atoms. The molecule has 3 rings (SSSR count). The fourth-order valence-corrected chi connectivity index (χ4v) is 3.50. The van der Waals surface area contributed by atoms with Crippen molar-refractivity contribution < 1.29 is 14.7 Å². The molecule has 2 N–H and O–H groups in total. The minimum atomic E-state index is -0.849. The number of carboxylic acid groups (broad SMARTS) is 1. The first-order chi connectivity index (χ1) is 10.6. The fraction of sp³-hybridized carbons (Fsp3) is 0.562. The first-order valence-corrected chi connectivity index (χ1v) is 7.83. The topological polar surface area (TPSA) is 82.5 Å². The van der Waals surface area contributed by atoms with Crippen LogP contribution < -0.4 is 5.32 Å². The van der Waals surface area contributed by atoms with Crippen LogP contribution in [0.25, 0.3) is 0 Å². The van der Waals surface area contributed by atoms with Crippen molar-refractivity contribution in [3.05, 3.63) is 30.1 Å². The maximum Gasteiger partial charge on any atom is 0.317 e. The van der Waals surface area contributed by atoms with Gasteiger partial charge in [0, 0.05) is 37.4 Å². The van der Waals surface area contributed by atoms with Gasteiger partial charge < -0.3 is 15.3 Å². The van der Waals surface area contributed by atoms with E-state index in [1.165, 1.54) is 0 Å². The molecule has 1 saturated carbocycles. The summed E-state index contributed by atoms with van der Waals surface area (Å²) in [7, 11) is 0. The number of pyridine rings is 1. The van der Waals surface area contributed by atoms with Gasteiger partial charge >= 0.3 is 12.0 Å². The van der Waals surface area contributed by atoms with E-state index in [2.05, 4.69) is 10.3 Å². The van der Waals surface area contributed by atoms with Gasteiger partial charge in [-0.15, -0.1) is 0 Å². The molecule has 118 valence electrons. The van der Waals surface area contributed by atoms with E-state index < -0.39 is 11.9 Å². The zero-order valence-corrected chi connectivity index (χ0v) is 12.4. The molecule has 6 heteroatoms. The third-order valence-corrected chi connectivity index (χ3v) is 4.74. The summed E-state index contributed by atoms with van der Waals surface area (Å²) < 4.78 is 0. The smallest absolute Gasteiger partial charge is 0.317 e. The summed E-state index contributed by atoms with van der Waals surface area (Å²) in [5.41, 5.74) is 0.929. The number of hydrogen-bond donors (Lipinski definition) is 2. The average molecular weight is 303 g/mol. The maximum atomic E-state index is 12.4. The Morgan fingerprint density at radius 1 is 1.18 bits per heavy atom. The number of nitrogens with zero attached hydrogens (tertiary/aromatic N) is 2. The lowest BCUT2D eigenvalue weighted by Gasteiger charge is -2.20. The highest BCUT2D eigenvalue weighted by Crippen LogP contribution is 2.32. The van der Waals surface area contributed by atoms with Crippen LogP contribution in [0.4, 0.5) is 4.79 Å². The van der Waals surface area contributed by atoms with Crippen LogP contribution in [0, 0.1) is 5.92 Å². The Morgan fingerprint density at radius 2 is 1.86 bits per heavy atom. The number of amides is 2. The molecule has 0 unspecified atom stereocenters. The number of carboxylic acids is 1. The van der Waals surface area contributed by atoms with Crippen molar-refractivity contribution in [2.24, 2.45) is 5.92 Å². The van der Waals surface area contributed by atoms with Crippen molar-refractivity contribution in [1.29, 1.82) is 0 Å². The van der Waals surface area contributed by atoms with Crippen LogP contribution >= 0.6 is 0 Å². The molecule has 22 heavy (non-hydrogen) atoms. The molecule has 1 aliphatic carbocycles. The van der Waals surface area contributed by atoms with E-state index in [0.29, 0.717) is 6.54 Å². The van der Waals surface area contributed by atoms with Crippen LogP contribution in [0.15, 0.2) is 24.5 Å². The Bertz CT molecular complexity index is 543. The lowest BCUT2D eigenvalue weighted by Crippen LogP contribution is -2.43. The molecule has 0 aromatic carbocycles. The van der Waals surface area contributed by atoms with Gasteiger partial charge in [0.1, 0.15) is 0 Å². The number of carbonyl (C=O) groups excluding carboxylic acids is 1. The normalized spacial score (nSPS) is 25.4. The number of urea groups is 1. The number of aromatic nitrogens is 1. The second-order valence-corrected chi connectivity index (χ2v) is 6.17. The summed E-state index contributed by atoms with van der Waals surface area (Å²) in [5, 5.41) is 12.5. The van der Waals surface area contributed by atoms with Gasteiger partial charge in [-0.25, -0.2) is 4.79 Å². The van der Waals surface area contributed by atoms with Crippen LogP contribution in [0.1, 0.15) is 37.2 Å². The summed E-state index contributed by atoms with van der Waals surface area (Å²) in [6, 6.07) is 3.78. The zero-order chi connectivity index (χ0) is 15.5. The Hall–Kier alpha value is -2.11. The van der Waals surface area contributed by atoms with Gasteiger partial charge in [-0.05, 0) is 30.5 Å². The number of nitrogens with one attached hydrogen (secondary N) is 1. The molecule has 2 heterocycles. The molecule has 2 amide bonds. The van der Waals surface area contributed by atoms with Crippen molar-refractivity contribution in [2.45, 2.75) is 37.6 Å². The van der Waals surface area contributed by atoms with Crippen molar-refractivity contribution in [3.8, 4) is 0 Å². The van der Waals surface area contributed by atoms with Crippen molar-refractivity contribution in [3.63, 3.8) is 0 Å². The number of carbonyl (C=O) groups is 2. The quantitative estimate of drug-likeness (QED) is 0.892. The molecule has 2 aliphatic rings. The van der Waals surface area contributed by atoms with E-state index in [9.17, 15) is 14.7 Å². The minimum Gasteiger partial charge on any atom is -0.481 e. The van der Waals surface area contributed by atoms with E-state index >= 15 is 0 Å². The molecule has 1 aromatic rings. The van der Waals surface area contributed by atoms with Crippen LogP contribution in [0.2, 0.25) is 0 Å². The van der Waals surface area contributed by atoms with Crippen LogP contribution in [-0.2, 0) is 4.79 Å². The number of likely N-dealkylation sites (tertiary alicyclic amines) is 1. The standard InChI is InChI=1S/C16H21N3O3/c20-15(21)14-10-19(16(22)18-12-3-1-2-4-12)9-13(14)11-5-7-17-8-6-11/h5-8,12-14H,1-4,9-10H2,(H,18,22)(H,20,21)/t13-,14+/m0/s1. The molecule has 1 aromatic heterocycles. The summed E-state index contributed by atoms with van der Waals surface area (Å²) in [5.74, 6) is -1.58. The Balaban J connectivity index is 1.70. The highest BCUT2D eigenvalue weighted by molar-refractivity contribution is 5.78. The monoisotopic (exact) mass is 303 g/mol. The molecule has 1 saturated heterocycles. The molecule has 0 spiro atoms. The van der Waals surface area contributed by atoms with Crippen LogP contribution in [0.5, 0.6) is 0 Å². The van der Waals surface area contributed by atoms with Gasteiger partial charge in [0.2, 0.25) is 0 Å². The maximum absolute atomic E-state index is 12.4. The summed E-state index contributed by atoms with van der Waals surface area (Å²) >= 11 is 0. The number of aliphatic carboxylic acids is 1. The third-order valence-electron chi connectivity index (χ3n) is 4.74. The SMILES string of the molecule is O=C(O)[C@@H]1CN(C(=O)NC2CCCC2)C[C@H]1c1ccncc1. The molecule has 2 atom stereocenters. The van der Waals surface area contributed by atoms with E-state index in [-0.39, 0.29) is 24.5 Å².